The zero-order chi connectivity index (χ0) is 20.8. The fourth-order valence-corrected chi connectivity index (χ4v) is 6.09. The van der Waals surface area contributed by atoms with Crippen molar-refractivity contribution in [2.45, 2.75) is 69.9 Å². The molecule has 1 aromatic rings. The smallest absolute Gasteiger partial charge is 0.242 e. The van der Waals surface area contributed by atoms with Crippen molar-refractivity contribution in [3.8, 4) is 0 Å². The number of sulfonamides is 2. The fourth-order valence-electron chi connectivity index (χ4n) is 3.32. The van der Waals surface area contributed by atoms with Gasteiger partial charge in [0, 0.05) is 31.4 Å². The van der Waals surface area contributed by atoms with Crippen LogP contribution in [0.1, 0.15) is 52.9 Å². The highest BCUT2D eigenvalue weighted by atomic mass is 32.2. The van der Waals surface area contributed by atoms with E-state index in [4.69, 9.17) is 0 Å². The molecule has 2 rings (SSSR count). The van der Waals surface area contributed by atoms with Gasteiger partial charge in [0.2, 0.25) is 20.0 Å². The highest BCUT2D eigenvalue weighted by molar-refractivity contribution is 7.89. The van der Waals surface area contributed by atoms with Crippen LogP contribution in [0.2, 0.25) is 0 Å². The van der Waals surface area contributed by atoms with Crippen molar-refractivity contribution in [1.82, 2.24) is 14.0 Å². The van der Waals surface area contributed by atoms with E-state index in [-0.39, 0.29) is 22.7 Å². The second-order valence-electron chi connectivity index (χ2n) is 7.32. The predicted molar refractivity (Wildman–Crippen MR) is 111 cm³/mol. The first-order chi connectivity index (χ1) is 13.2. The largest absolute Gasteiger partial charge is 0.367 e. The lowest BCUT2D eigenvalue weighted by atomic mass is 10.1. The summed E-state index contributed by atoms with van der Waals surface area (Å²) in [5.41, 5.74) is 0. The maximum absolute atomic E-state index is 12.4. The van der Waals surface area contributed by atoms with Crippen LogP contribution >= 0.6 is 0 Å². The van der Waals surface area contributed by atoms with E-state index in [1.807, 2.05) is 20.8 Å². The molecule has 0 bridgehead atoms. The zero-order valence-electron chi connectivity index (χ0n) is 16.9. The average Bonchev–Trinajstić information content (AvgIpc) is 2.62. The molecule has 0 saturated carbocycles. The van der Waals surface area contributed by atoms with Gasteiger partial charge in [0.1, 0.15) is 10.7 Å². The third kappa shape index (κ3) is 6.40. The van der Waals surface area contributed by atoms with Gasteiger partial charge in [-0.25, -0.2) is 30.8 Å². The number of hydrogen-bond donors (Lipinski definition) is 2. The van der Waals surface area contributed by atoms with Crippen molar-refractivity contribution < 1.29 is 16.8 Å². The van der Waals surface area contributed by atoms with Crippen LogP contribution in [0.4, 0.5) is 5.82 Å². The van der Waals surface area contributed by atoms with Gasteiger partial charge >= 0.3 is 0 Å². The first kappa shape index (κ1) is 23.1. The van der Waals surface area contributed by atoms with Crippen molar-refractivity contribution in [1.29, 1.82) is 0 Å². The van der Waals surface area contributed by atoms with Crippen LogP contribution in [0.5, 0.6) is 0 Å². The minimum Gasteiger partial charge on any atom is -0.367 e. The molecule has 160 valence electrons. The minimum atomic E-state index is -3.57. The molecule has 1 aromatic heterocycles. The summed E-state index contributed by atoms with van der Waals surface area (Å²) in [6, 6.07) is 3.18. The Balaban J connectivity index is 1.91. The first-order valence-electron chi connectivity index (χ1n) is 9.90. The molecule has 0 spiro atoms. The van der Waals surface area contributed by atoms with E-state index in [2.05, 4.69) is 15.0 Å². The lowest BCUT2D eigenvalue weighted by Crippen LogP contribution is -2.43. The third-order valence-electron chi connectivity index (χ3n) is 4.79. The summed E-state index contributed by atoms with van der Waals surface area (Å²) >= 11 is 0. The third-order valence-corrected chi connectivity index (χ3v) is 8.44. The van der Waals surface area contributed by atoms with E-state index in [9.17, 15) is 16.8 Å². The Hall–Kier alpha value is -1.23. The second-order valence-corrected chi connectivity index (χ2v) is 11.1. The molecule has 0 aromatic carbocycles. The molecule has 1 unspecified atom stereocenters. The zero-order valence-corrected chi connectivity index (χ0v) is 18.5. The lowest BCUT2D eigenvalue weighted by Gasteiger charge is -2.31. The number of aromatic nitrogens is 1. The maximum atomic E-state index is 12.4. The average molecular weight is 433 g/mol. The molecule has 1 fully saturated rings. The van der Waals surface area contributed by atoms with Crippen LogP contribution in [-0.4, -0.2) is 57.1 Å². The van der Waals surface area contributed by atoms with Gasteiger partial charge in [-0.1, -0.05) is 20.3 Å². The minimum absolute atomic E-state index is 0.116. The van der Waals surface area contributed by atoms with Crippen LogP contribution in [0.25, 0.3) is 0 Å². The quantitative estimate of drug-likeness (QED) is 0.586. The summed E-state index contributed by atoms with van der Waals surface area (Å²) in [4.78, 5) is 4.37. The number of pyridine rings is 1. The Bertz CT molecular complexity index is 818. The van der Waals surface area contributed by atoms with E-state index >= 15 is 0 Å². The molecular weight excluding hydrogens is 400 g/mol. The van der Waals surface area contributed by atoms with E-state index in [0.717, 1.165) is 12.8 Å². The standard InChI is InChI=1S/C18H32N4O4S2/c1-4-6-15(3)21-28(25,26)17-7-8-18(19-14-17)20-16-9-11-22(12-10-16)27(23,24)13-5-2/h7-8,14-16,21H,4-6,9-13H2,1-3H3,(H,19,20). The topological polar surface area (TPSA) is 108 Å². The number of anilines is 1. The molecule has 1 saturated heterocycles. The Morgan fingerprint density at radius 1 is 1.14 bits per heavy atom. The molecular formula is C18H32N4O4S2. The van der Waals surface area contributed by atoms with Crippen LogP contribution < -0.4 is 10.0 Å². The number of piperidine rings is 1. The maximum Gasteiger partial charge on any atom is 0.242 e. The molecule has 1 aliphatic heterocycles. The number of nitrogens with one attached hydrogen (secondary N) is 2. The van der Waals surface area contributed by atoms with Gasteiger partial charge in [-0.2, -0.15) is 0 Å². The highest BCUT2D eigenvalue weighted by Crippen LogP contribution is 2.19. The Morgan fingerprint density at radius 2 is 1.82 bits per heavy atom. The van der Waals surface area contributed by atoms with Crippen molar-refractivity contribution in [3.05, 3.63) is 18.3 Å². The number of nitrogens with zero attached hydrogens (tertiary/aromatic N) is 2. The van der Waals surface area contributed by atoms with Crippen LogP contribution in [-0.2, 0) is 20.0 Å². The van der Waals surface area contributed by atoms with Gasteiger partial charge in [-0.05, 0) is 44.7 Å². The Morgan fingerprint density at radius 3 is 2.36 bits per heavy atom. The summed E-state index contributed by atoms with van der Waals surface area (Å²) in [5, 5.41) is 3.28. The summed E-state index contributed by atoms with van der Waals surface area (Å²) in [6.45, 7) is 6.70. The van der Waals surface area contributed by atoms with Crippen molar-refractivity contribution in [3.63, 3.8) is 0 Å². The molecule has 1 aliphatic rings. The first-order valence-corrected chi connectivity index (χ1v) is 13.0. The van der Waals surface area contributed by atoms with E-state index in [1.165, 1.54) is 12.3 Å². The molecule has 2 heterocycles. The fraction of sp³-hybridized carbons (Fsp3) is 0.722. The molecule has 28 heavy (non-hydrogen) atoms. The molecule has 1 atom stereocenters. The van der Waals surface area contributed by atoms with Crippen molar-refractivity contribution in [2.24, 2.45) is 0 Å². The van der Waals surface area contributed by atoms with Crippen molar-refractivity contribution in [2.75, 3.05) is 24.2 Å². The van der Waals surface area contributed by atoms with Gasteiger partial charge < -0.3 is 5.32 Å². The van der Waals surface area contributed by atoms with Gasteiger partial charge in [-0.15, -0.1) is 0 Å². The molecule has 8 nitrogen and oxygen atoms in total. The number of rotatable bonds is 10. The SMILES string of the molecule is CCCC(C)NS(=O)(=O)c1ccc(NC2CCN(S(=O)(=O)CCC)CC2)nc1. The van der Waals surface area contributed by atoms with E-state index < -0.39 is 20.0 Å². The molecule has 0 aliphatic carbocycles. The Labute approximate surface area is 169 Å². The summed E-state index contributed by atoms with van der Waals surface area (Å²) in [6.07, 6.45) is 5.04. The molecule has 0 radical (unpaired) electrons. The predicted octanol–water partition coefficient (Wildman–Crippen LogP) is 2.16. The van der Waals surface area contributed by atoms with Gasteiger partial charge in [0.15, 0.2) is 0 Å². The molecule has 10 heteroatoms. The van der Waals surface area contributed by atoms with Crippen LogP contribution in [0.15, 0.2) is 23.2 Å². The molecule has 2 N–H and O–H groups in total. The van der Waals surface area contributed by atoms with Crippen LogP contribution in [0.3, 0.4) is 0 Å². The van der Waals surface area contributed by atoms with E-state index in [1.54, 1.807) is 10.4 Å². The summed E-state index contributed by atoms with van der Waals surface area (Å²) in [5.74, 6) is 0.781. The normalized spacial score (nSPS) is 18.1. The second kappa shape index (κ2) is 10.00. The number of hydrogen-bond acceptors (Lipinski definition) is 6. The van der Waals surface area contributed by atoms with Crippen molar-refractivity contribution >= 4 is 25.9 Å². The highest BCUT2D eigenvalue weighted by Gasteiger charge is 2.27. The monoisotopic (exact) mass is 432 g/mol. The van der Waals surface area contributed by atoms with Gasteiger partial charge in [0.25, 0.3) is 0 Å². The lowest BCUT2D eigenvalue weighted by molar-refractivity contribution is 0.329. The van der Waals surface area contributed by atoms with Crippen LogP contribution in [0, 0.1) is 0 Å². The molecule has 0 amide bonds. The summed E-state index contributed by atoms with van der Waals surface area (Å²) < 4.78 is 53.2. The summed E-state index contributed by atoms with van der Waals surface area (Å²) in [7, 11) is -6.72. The van der Waals surface area contributed by atoms with Gasteiger partial charge in [0.05, 0.1) is 5.75 Å². The van der Waals surface area contributed by atoms with Gasteiger partial charge in [-0.3, -0.25) is 0 Å². The van der Waals surface area contributed by atoms with E-state index in [0.29, 0.717) is 38.2 Å². The Kier molecular flexibility index (Phi) is 8.23.